The first-order valence-corrected chi connectivity index (χ1v) is 22.6. The van der Waals surface area contributed by atoms with Gasteiger partial charge in [-0.3, -0.25) is 0 Å². The van der Waals surface area contributed by atoms with Crippen molar-refractivity contribution in [2.24, 2.45) is 0 Å². The number of rotatable bonds is 6. The van der Waals surface area contributed by atoms with E-state index < -0.39 is 0 Å². The standard InChI is InChI=1S/C60H45NS/c1-59(2)51-26-13-10-22-45(51)47-31-29-41(36-53(47)59)61(42-30-32-48-46-23-11-14-27-52(46)60(3,4)54(48)37-42)40-20-16-19-39(35-40)44-33-34-56-58(50-25-12-15-28-55(50)62-56)57(44)49-24-9-8-21-43(49)38-17-6-5-7-18-38/h5-37H,1-4H3. The Morgan fingerprint density at radius 2 is 0.839 bits per heavy atom. The smallest absolute Gasteiger partial charge is 0.0467 e. The molecule has 0 bridgehead atoms. The minimum Gasteiger partial charge on any atom is -0.310 e. The summed E-state index contributed by atoms with van der Waals surface area (Å²) >= 11 is 1.88. The lowest BCUT2D eigenvalue weighted by Gasteiger charge is -2.30. The van der Waals surface area contributed by atoms with Crippen LogP contribution >= 0.6 is 11.3 Å². The van der Waals surface area contributed by atoms with Crippen molar-refractivity contribution in [3.8, 4) is 55.6 Å². The fourth-order valence-corrected chi connectivity index (χ4v) is 11.9. The average Bonchev–Trinajstić information content (AvgIpc) is 3.89. The number of hydrogen-bond donors (Lipinski definition) is 0. The summed E-state index contributed by atoms with van der Waals surface area (Å²) in [5.74, 6) is 0. The second kappa shape index (κ2) is 13.8. The van der Waals surface area contributed by atoms with E-state index in [1.165, 1.54) is 98.1 Å². The van der Waals surface area contributed by atoms with Gasteiger partial charge in [0.1, 0.15) is 0 Å². The van der Waals surface area contributed by atoms with Crippen LogP contribution in [0.4, 0.5) is 17.1 Å². The van der Waals surface area contributed by atoms with Gasteiger partial charge in [-0.15, -0.1) is 11.3 Å². The Hall–Kier alpha value is -7.00. The van der Waals surface area contributed by atoms with Crippen LogP contribution < -0.4 is 4.90 Å². The minimum absolute atomic E-state index is 0.128. The lowest BCUT2D eigenvalue weighted by molar-refractivity contribution is 0.660. The zero-order valence-corrected chi connectivity index (χ0v) is 36.2. The molecule has 1 aromatic heterocycles. The molecule has 0 fully saturated rings. The Bertz CT molecular complexity index is 3310. The van der Waals surface area contributed by atoms with Crippen molar-refractivity contribution in [3.63, 3.8) is 0 Å². The Morgan fingerprint density at radius 1 is 0.339 bits per heavy atom. The molecule has 12 rings (SSSR count). The van der Waals surface area contributed by atoms with Gasteiger partial charge in [-0.25, -0.2) is 0 Å². The van der Waals surface area contributed by atoms with Crippen LogP contribution in [0.1, 0.15) is 49.9 Å². The van der Waals surface area contributed by atoms with Crippen LogP contribution in [0.5, 0.6) is 0 Å². The molecule has 2 aliphatic rings. The van der Waals surface area contributed by atoms with Crippen LogP contribution in [0.3, 0.4) is 0 Å². The molecule has 2 heteroatoms. The molecule has 2 aliphatic carbocycles. The van der Waals surface area contributed by atoms with Crippen LogP contribution in [0.15, 0.2) is 200 Å². The zero-order valence-electron chi connectivity index (χ0n) is 35.4. The lowest BCUT2D eigenvalue weighted by Crippen LogP contribution is -2.18. The first kappa shape index (κ1) is 36.8. The molecule has 62 heavy (non-hydrogen) atoms. The maximum Gasteiger partial charge on any atom is 0.0467 e. The predicted molar refractivity (Wildman–Crippen MR) is 265 cm³/mol. The van der Waals surface area contributed by atoms with Gasteiger partial charge in [-0.05, 0) is 126 Å². The van der Waals surface area contributed by atoms with E-state index in [-0.39, 0.29) is 10.8 Å². The highest BCUT2D eigenvalue weighted by molar-refractivity contribution is 7.26. The topological polar surface area (TPSA) is 3.24 Å². The number of fused-ring (bicyclic) bond motifs is 9. The summed E-state index contributed by atoms with van der Waals surface area (Å²) in [6.45, 7) is 9.50. The lowest BCUT2D eigenvalue weighted by atomic mass is 9.82. The van der Waals surface area contributed by atoms with Crippen LogP contribution in [0.2, 0.25) is 0 Å². The van der Waals surface area contributed by atoms with Gasteiger partial charge in [0.05, 0.1) is 0 Å². The molecule has 0 aliphatic heterocycles. The molecule has 296 valence electrons. The van der Waals surface area contributed by atoms with Gasteiger partial charge in [0.2, 0.25) is 0 Å². The van der Waals surface area contributed by atoms with E-state index in [2.05, 4.69) is 233 Å². The highest BCUT2D eigenvalue weighted by Gasteiger charge is 2.38. The third-order valence-corrected chi connectivity index (χ3v) is 15.0. The highest BCUT2D eigenvalue weighted by Crippen LogP contribution is 2.54. The monoisotopic (exact) mass is 811 g/mol. The molecule has 0 saturated carbocycles. The fraction of sp³-hybridized carbons (Fsp3) is 0.100. The van der Waals surface area contributed by atoms with Gasteiger partial charge in [-0.1, -0.05) is 179 Å². The average molecular weight is 812 g/mol. The summed E-state index contributed by atoms with van der Waals surface area (Å²) in [6.07, 6.45) is 0. The number of anilines is 3. The third kappa shape index (κ3) is 5.46. The van der Waals surface area contributed by atoms with E-state index in [0.717, 1.165) is 17.1 Å². The molecular formula is C60H45NS. The maximum absolute atomic E-state index is 2.50. The SMILES string of the molecule is CC1(C)c2ccccc2-c2ccc(N(c3cccc(-c4ccc5sc6ccccc6c5c4-c4ccccc4-c4ccccc4)c3)c3ccc4c(c3)C(C)(C)c3ccccc3-4)cc21. The largest absolute Gasteiger partial charge is 0.310 e. The summed E-state index contributed by atoms with van der Waals surface area (Å²) in [5.41, 5.74) is 21.4. The molecule has 1 nitrogen and oxygen atoms in total. The molecule has 0 spiro atoms. The summed E-state index contributed by atoms with van der Waals surface area (Å²) in [4.78, 5) is 2.50. The normalized spacial score (nSPS) is 14.1. The molecule has 10 aromatic rings. The highest BCUT2D eigenvalue weighted by atomic mass is 32.1. The maximum atomic E-state index is 2.50. The van der Waals surface area contributed by atoms with Crippen LogP contribution in [-0.4, -0.2) is 0 Å². The van der Waals surface area contributed by atoms with Crippen LogP contribution in [0, 0.1) is 0 Å². The van der Waals surface area contributed by atoms with Gasteiger partial charge in [0.25, 0.3) is 0 Å². The van der Waals surface area contributed by atoms with E-state index in [9.17, 15) is 0 Å². The van der Waals surface area contributed by atoms with Crippen molar-refractivity contribution in [3.05, 3.63) is 222 Å². The van der Waals surface area contributed by atoms with Crippen molar-refractivity contribution in [2.45, 2.75) is 38.5 Å². The predicted octanol–water partition coefficient (Wildman–Crippen LogP) is 17.1. The molecule has 0 atom stereocenters. The third-order valence-electron chi connectivity index (χ3n) is 13.9. The van der Waals surface area contributed by atoms with Crippen LogP contribution in [-0.2, 0) is 10.8 Å². The summed E-state index contributed by atoms with van der Waals surface area (Å²) < 4.78 is 2.61. The second-order valence-corrected chi connectivity index (χ2v) is 19.1. The molecular weight excluding hydrogens is 767 g/mol. The first-order valence-electron chi connectivity index (χ1n) is 21.8. The molecule has 9 aromatic carbocycles. The van der Waals surface area contributed by atoms with Crippen molar-refractivity contribution in [1.82, 2.24) is 0 Å². The summed E-state index contributed by atoms with van der Waals surface area (Å²) in [5, 5.41) is 2.61. The van der Waals surface area contributed by atoms with Gasteiger partial charge < -0.3 is 4.90 Å². The molecule has 0 radical (unpaired) electrons. The van der Waals surface area contributed by atoms with E-state index >= 15 is 0 Å². The van der Waals surface area contributed by atoms with E-state index in [4.69, 9.17) is 0 Å². The number of nitrogens with zero attached hydrogens (tertiary/aromatic N) is 1. The Balaban J connectivity index is 1.09. The summed E-state index contributed by atoms with van der Waals surface area (Å²) in [7, 11) is 0. The van der Waals surface area contributed by atoms with Crippen molar-refractivity contribution < 1.29 is 0 Å². The first-order chi connectivity index (χ1) is 30.3. The van der Waals surface area contributed by atoms with Crippen molar-refractivity contribution in [1.29, 1.82) is 0 Å². The van der Waals surface area contributed by atoms with Gasteiger partial charge in [0.15, 0.2) is 0 Å². The van der Waals surface area contributed by atoms with Gasteiger partial charge >= 0.3 is 0 Å². The molecule has 0 amide bonds. The van der Waals surface area contributed by atoms with E-state index in [1.54, 1.807) is 0 Å². The van der Waals surface area contributed by atoms with Crippen molar-refractivity contribution >= 4 is 48.6 Å². The van der Waals surface area contributed by atoms with Gasteiger partial charge in [-0.2, -0.15) is 0 Å². The number of benzene rings is 9. The number of thiophene rings is 1. The zero-order chi connectivity index (χ0) is 41.7. The second-order valence-electron chi connectivity index (χ2n) is 18.1. The van der Waals surface area contributed by atoms with Crippen molar-refractivity contribution in [2.75, 3.05) is 4.90 Å². The van der Waals surface area contributed by atoms with E-state index in [1.807, 2.05) is 11.3 Å². The minimum atomic E-state index is -0.128. The van der Waals surface area contributed by atoms with Gasteiger partial charge in [0, 0.05) is 48.1 Å². The fourth-order valence-electron chi connectivity index (χ4n) is 10.8. The van der Waals surface area contributed by atoms with Crippen LogP contribution in [0.25, 0.3) is 75.8 Å². The molecule has 0 N–H and O–H groups in total. The van der Waals surface area contributed by atoms with E-state index in [0.29, 0.717) is 0 Å². The quantitative estimate of drug-likeness (QED) is 0.162. The molecule has 0 saturated heterocycles. The molecule has 0 unspecified atom stereocenters. The Labute approximate surface area is 368 Å². The number of hydrogen-bond acceptors (Lipinski definition) is 2. The summed E-state index contributed by atoms with van der Waals surface area (Å²) in [6, 6.07) is 74.8. The Kier molecular flexibility index (Phi) is 8.17. The molecule has 1 heterocycles. The Morgan fingerprint density at radius 3 is 1.50 bits per heavy atom.